The summed E-state index contributed by atoms with van der Waals surface area (Å²) < 4.78 is 0. The Morgan fingerprint density at radius 2 is 1.00 bits per heavy atom. The van der Waals surface area contributed by atoms with Crippen LogP contribution in [0.15, 0.2) is 36.4 Å². The number of hydrogen-bond acceptors (Lipinski definition) is 0. The van der Waals surface area contributed by atoms with E-state index in [1.807, 2.05) is 0 Å². The highest BCUT2D eigenvalue weighted by atomic mass is 14.2. The fraction of sp³-hybridized carbons (Fsp3) is 0.545. The average Bonchev–Trinajstić information content (AvgIpc) is 2.48. The molecule has 0 amide bonds. The molecule has 2 unspecified atom stereocenters. The zero-order chi connectivity index (χ0) is 16.3. The molecule has 0 saturated carbocycles. The summed E-state index contributed by atoms with van der Waals surface area (Å²) in [5.41, 5.74) is 2.99. The predicted molar refractivity (Wildman–Crippen MR) is 99.7 cm³/mol. The summed E-state index contributed by atoms with van der Waals surface area (Å²) >= 11 is 0. The summed E-state index contributed by atoms with van der Waals surface area (Å²) in [7, 11) is 0. The van der Waals surface area contributed by atoms with Gasteiger partial charge in [0.1, 0.15) is 0 Å². The van der Waals surface area contributed by atoms with E-state index in [1.54, 1.807) is 0 Å². The van der Waals surface area contributed by atoms with Crippen LogP contribution in [0.25, 0.3) is 10.8 Å². The lowest BCUT2D eigenvalue weighted by Crippen LogP contribution is -2.06. The minimum atomic E-state index is 0.670. The maximum absolute atomic E-state index is 2.41. The number of hydrogen-bond donors (Lipinski definition) is 0. The highest BCUT2D eigenvalue weighted by Gasteiger charge is 2.16. The largest absolute Gasteiger partial charge is 0.0648 e. The minimum Gasteiger partial charge on any atom is -0.0648 e. The number of fused-ring (bicyclic) bond motifs is 1. The Morgan fingerprint density at radius 3 is 1.27 bits per heavy atom. The fourth-order valence-electron chi connectivity index (χ4n) is 3.93. The average molecular weight is 296 g/mol. The second kappa shape index (κ2) is 7.31. The normalized spacial score (nSPS) is 14.7. The van der Waals surface area contributed by atoms with Gasteiger partial charge in [-0.2, -0.15) is 0 Å². The van der Waals surface area contributed by atoms with Gasteiger partial charge in [-0.3, -0.25) is 0 Å². The van der Waals surface area contributed by atoms with Crippen LogP contribution in [0.4, 0.5) is 0 Å². The van der Waals surface area contributed by atoms with Crippen LogP contribution in [0.1, 0.15) is 77.3 Å². The third kappa shape index (κ3) is 3.54. The van der Waals surface area contributed by atoms with E-state index in [-0.39, 0.29) is 0 Å². The molecule has 2 rings (SSSR count). The molecule has 0 spiro atoms. The topological polar surface area (TPSA) is 0 Å². The first-order chi connectivity index (χ1) is 10.5. The van der Waals surface area contributed by atoms with E-state index in [9.17, 15) is 0 Å². The molecule has 120 valence electrons. The van der Waals surface area contributed by atoms with Gasteiger partial charge >= 0.3 is 0 Å². The van der Waals surface area contributed by atoms with Crippen molar-refractivity contribution in [1.29, 1.82) is 0 Å². The van der Waals surface area contributed by atoms with Gasteiger partial charge in [0.25, 0.3) is 0 Å². The van der Waals surface area contributed by atoms with Crippen LogP contribution < -0.4 is 0 Å². The van der Waals surface area contributed by atoms with Gasteiger partial charge in [0.05, 0.1) is 0 Å². The maximum atomic E-state index is 2.41. The summed E-state index contributed by atoms with van der Waals surface area (Å²) in [4.78, 5) is 0. The molecule has 2 aromatic carbocycles. The molecule has 0 saturated heterocycles. The van der Waals surface area contributed by atoms with Crippen molar-refractivity contribution >= 4 is 10.8 Å². The maximum Gasteiger partial charge on any atom is -0.0141 e. The van der Waals surface area contributed by atoms with Gasteiger partial charge in [-0.25, -0.2) is 0 Å². The molecule has 2 aromatic rings. The van der Waals surface area contributed by atoms with Crippen molar-refractivity contribution in [3.05, 3.63) is 47.5 Å². The van der Waals surface area contributed by atoms with Crippen LogP contribution in [0, 0.1) is 11.8 Å². The molecule has 0 heteroatoms. The smallest absolute Gasteiger partial charge is 0.0141 e. The number of rotatable bonds is 6. The van der Waals surface area contributed by atoms with Gasteiger partial charge in [0.15, 0.2) is 0 Å². The zero-order valence-corrected chi connectivity index (χ0v) is 15.2. The van der Waals surface area contributed by atoms with E-state index in [4.69, 9.17) is 0 Å². The van der Waals surface area contributed by atoms with Crippen LogP contribution in [-0.2, 0) is 0 Å². The van der Waals surface area contributed by atoms with Crippen molar-refractivity contribution in [2.45, 2.75) is 66.2 Å². The van der Waals surface area contributed by atoms with Gasteiger partial charge < -0.3 is 0 Å². The first kappa shape index (κ1) is 17.1. The summed E-state index contributed by atoms with van der Waals surface area (Å²) in [6.45, 7) is 13.9. The Kier molecular flexibility index (Phi) is 5.67. The third-order valence-corrected chi connectivity index (χ3v) is 5.23. The molecule has 2 atom stereocenters. The molecule has 0 bridgehead atoms. The molecule has 22 heavy (non-hydrogen) atoms. The lowest BCUT2D eigenvalue weighted by Gasteiger charge is -2.22. The van der Waals surface area contributed by atoms with Gasteiger partial charge in [0.2, 0.25) is 0 Å². The summed E-state index contributed by atoms with van der Waals surface area (Å²) in [5.74, 6) is 2.74. The lowest BCUT2D eigenvalue weighted by molar-refractivity contribution is 0.485. The Labute approximate surface area is 136 Å². The molecule has 0 aliphatic carbocycles. The van der Waals surface area contributed by atoms with E-state index in [1.165, 1.54) is 34.7 Å². The quantitative estimate of drug-likeness (QED) is 0.531. The van der Waals surface area contributed by atoms with E-state index in [2.05, 4.69) is 77.9 Å². The summed E-state index contributed by atoms with van der Waals surface area (Å²) in [6, 6.07) is 14.2. The highest BCUT2D eigenvalue weighted by Crippen LogP contribution is 2.33. The van der Waals surface area contributed by atoms with Crippen LogP contribution in [0.5, 0.6) is 0 Å². The monoisotopic (exact) mass is 296 g/mol. The van der Waals surface area contributed by atoms with Crippen molar-refractivity contribution in [3.63, 3.8) is 0 Å². The summed E-state index contributed by atoms with van der Waals surface area (Å²) in [6.07, 6.45) is 2.43. The van der Waals surface area contributed by atoms with Crippen molar-refractivity contribution in [1.82, 2.24) is 0 Å². The molecular weight excluding hydrogens is 264 g/mol. The van der Waals surface area contributed by atoms with Gasteiger partial charge in [0, 0.05) is 0 Å². The molecular formula is C22H32. The van der Waals surface area contributed by atoms with E-state index < -0.39 is 0 Å². The van der Waals surface area contributed by atoms with Crippen molar-refractivity contribution in [2.24, 2.45) is 11.8 Å². The van der Waals surface area contributed by atoms with E-state index in [0.29, 0.717) is 23.7 Å². The minimum absolute atomic E-state index is 0.670. The van der Waals surface area contributed by atoms with Gasteiger partial charge in [-0.1, -0.05) is 77.9 Å². The molecule has 0 radical (unpaired) electrons. The molecule has 0 heterocycles. The van der Waals surface area contributed by atoms with Gasteiger partial charge in [-0.05, 0) is 58.4 Å². The molecule has 0 aliphatic rings. The molecule has 0 fully saturated rings. The summed E-state index contributed by atoms with van der Waals surface area (Å²) in [5, 5.41) is 2.78. The van der Waals surface area contributed by atoms with E-state index >= 15 is 0 Å². The van der Waals surface area contributed by atoms with Crippen LogP contribution in [0.2, 0.25) is 0 Å². The number of benzene rings is 2. The van der Waals surface area contributed by atoms with Crippen molar-refractivity contribution in [2.75, 3.05) is 0 Å². The van der Waals surface area contributed by atoms with E-state index in [0.717, 1.165) is 0 Å². The van der Waals surface area contributed by atoms with Crippen LogP contribution in [0.3, 0.4) is 0 Å². The third-order valence-electron chi connectivity index (χ3n) is 5.23. The SMILES string of the molecule is CCC(c1ccc2cc(C(CC)C(C)C)ccc2c1)C(C)C. The Balaban J connectivity index is 2.40. The highest BCUT2D eigenvalue weighted by molar-refractivity contribution is 5.84. The van der Waals surface area contributed by atoms with Crippen molar-refractivity contribution in [3.8, 4) is 0 Å². The Hall–Kier alpha value is -1.30. The Bertz CT molecular complexity index is 551. The van der Waals surface area contributed by atoms with Crippen LogP contribution >= 0.6 is 0 Å². The predicted octanol–water partition coefficient (Wildman–Crippen LogP) is 7.14. The standard InChI is InChI=1S/C22H32/c1-7-21(15(3)4)19-11-9-18-14-20(12-10-17(18)13-19)22(8-2)16(5)6/h9-16,21-22H,7-8H2,1-6H3. The van der Waals surface area contributed by atoms with Crippen molar-refractivity contribution < 1.29 is 0 Å². The van der Waals surface area contributed by atoms with Gasteiger partial charge in [-0.15, -0.1) is 0 Å². The zero-order valence-electron chi connectivity index (χ0n) is 15.2. The molecule has 0 aromatic heterocycles. The lowest BCUT2D eigenvalue weighted by atomic mass is 9.83. The first-order valence-corrected chi connectivity index (χ1v) is 9.01. The second-order valence-corrected chi connectivity index (χ2v) is 7.38. The molecule has 0 N–H and O–H groups in total. The molecule has 0 nitrogen and oxygen atoms in total. The van der Waals surface area contributed by atoms with Crippen LogP contribution in [-0.4, -0.2) is 0 Å². The Morgan fingerprint density at radius 1 is 0.636 bits per heavy atom. The first-order valence-electron chi connectivity index (χ1n) is 9.01. The molecule has 0 aliphatic heterocycles. The fourth-order valence-corrected chi connectivity index (χ4v) is 3.93. The second-order valence-electron chi connectivity index (χ2n) is 7.38.